The predicted octanol–water partition coefficient (Wildman–Crippen LogP) is 3.99. The first-order chi connectivity index (χ1) is 8.00. The molecule has 2 aromatic rings. The average molecular weight is 382 g/mol. The molecule has 0 saturated carbocycles. The number of anilines is 1. The zero-order chi connectivity index (χ0) is 12.6. The van der Waals surface area contributed by atoms with Crippen LogP contribution in [0.2, 0.25) is 10.0 Å². The smallest absolute Gasteiger partial charge is 0.135 e. The Kier molecular flexibility index (Phi) is 3.85. The summed E-state index contributed by atoms with van der Waals surface area (Å²) in [5.74, 6) is 0.643. The SMILES string of the molecule is CC(c1ccc(Cl)cc1Cl)n1ncc(I)c1N. The fraction of sp³-hybridized carbons (Fsp3) is 0.182. The second-order valence-corrected chi connectivity index (χ2v) is 5.67. The lowest BCUT2D eigenvalue weighted by molar-refractivity contribution is 0.573. The molecule has 3 nitrogen and oxygen atoms in total. The highest BCUT2D eigenvalue weighted by Gasteiger charge is 2.16. The maximum Gasteiger partial charge on any atom is 0.135 e. The highest BCUT2D eigenvalue weighted by Crippen LogP contribution is 2.30. The highest BCUT2D eigenvalue weighted by molar-refractivity contribution is 14.1. The molecule has 1 aromatic carbocycles. The van der Waals surface area contributed by atoms with Crippen molar-refractivity contribution in [1.29, 1.82) is 0 Å². The van der Waals surface area contributed by atoms with Crippen LogP contribution in [0.25, 0.3) is 0 Å². The molecule has 0 bridgehead atoms. The molecule has 17 heavy (non-hydrogen) atoms. The summed E-state index contributed by atoms with van der Waals surface area (Å²) >= 11 is 14.2. The molecule has 0 aliphatic rings. The van der Waals surface area contributed by atoms with E-state index in [1.807, 2.05) is 19.1 Å². The Morgan fingerprint density at radius 1 is 1.41 bits per heavy atom. The zero-order valence-electron chi connectivity index (χ0n) is 8.99. The van der Waals surface area contributed by atoms with Crippen LogP contribution in [0.5, 0.6) is 0 Å². The third-order valence-electron chi connectivity index (χ3n) is 2.57. The van der Waals surface area contributed by atoms with Crippen molar-refractivity contribution in [1.82, 2.24) is 9.78 Å². The quantitative estimate of drug-likeness (QED) is 0.799. The maximum absolute atomic E-state index is 6.17. The molecule has 6 heteroatoms. The Morgan fingerprint density at radius 3 is 2.65 bits per heavy atom. The van der Waals surface area contributed by atoms with Gasteiger partial charge in [-0.15, -0.1) is 0 Å². The number of aromatic nitrogens is 2. The molecule has 0 amide bonds. The predicted molar refractivity (Wildman–Crippen MR) is 79.6 cm³/mol. The lowest BCUT2D eigenvalue weighted by Gasteiger charge is -2.16. The van der Waals surface area contributed by atoms with Gasteiger partial charge in [0.1, 0.15) is 5.82 Å². The van der Waals surface area contributed by atoms with Crippen molar-refractivity contribution in [2.24, 2.45) is 0 Å². The van der Waals surface area contributed by atoms with E-state index in [1.54, 1.807) is 16.9 Å². The van der Waals surface area contributed by atoms with Crippen molar-refractivity contribution < 1.29 is 0 Å². The van der Waals surface area contributed by atoms with Crippen molar-refractivity contribution in [2.75, 3.05) is 5.73 Å². The standard InChI is InChI=1S/C11H10Cl2IN3/c1-6(17-11(15)10(14)5-16-17)8-3-2-7(12)4-9(8)13/h2-6H,15H2,1H3. The topological polar surface area (TPSA) is 43.8 Å². The van der Waals surface area contributed by atoms with E-state index in [0.717, 1.165) is 9.13 Å². The van der Waals surface area contributed by atoms with E-state index in [0.29, 0.717) is 15.9 Å². The second kappa shape index (κ2) is 5.04. The van der Waals surface area contributed by atoms with Crippen LogP contribution in [0.15, 0.2) is 24.4 Å². The summed E-state index contributed by atoms with van der Waals surface area (Å²) in [5.41, 5.74) is 6.89. The summed E-state index contributed by atoms with van der Waals surface area (Å²) in [7, 11) is 0. The van der Waals surface area contributed by atoms with E-state index in [2.05, 4.69) is 27.7 Å². The second-order valence-electron chi connectivity index (χ2n) is 3.66. The minimum Gasteiger partial charge on any atom is -0.383 e. The van der Waals surface area contributed by atoms with E-state index < -0.39 is 0 Å². The first-order valence-corrected chi connectivity index (χ1v) is 6.77. The highest BCUT2D eigenvalue weighted by atomic mass is 127. The molecule has 0 fully saturated rings. The third-order valence-corrected chi connectivity index (χ3v) is 3.96. The Bertz CT molecular complexity index is 554. The molecule has 0 aliphatic heterocycles. The van der Waals surface area contributed by atoms with Gasteiger partial charge in [-0.25, -0.2) is 4.68 Å². The van der Waals surface area contributed by atoms with Crippen LogP contribution in [-0.4, -0.2) is 9.78 Å². The molecular formula is C11H10Cl2IN3. The number of nitrogens with two attached hydrogens (primary N) is 1. The van der Waals surface area contributed by atoms with Gasteiger partial charge in [0.2, 0.25) is 0 Å². The van der Waals surface area contributed by atoms with E-state index in [-0.39, 0.29) is 6.04 Å². The largest absolute Gasteiger partial charge is 0.383 e. The fourth-order valence-electron chi connectivity index (χ4n) is 1.63. The molecule has 1 heterocycles. The lowest BCUT2D eigenvalue weighted by atomic mass is 10.1. The minimum absolute atomic E-state index is 0.0247. The zero-order valence-corrected chi connectivity index (χ0v) is 12.7. The third kappa shape index (κ3) is 2.53. The van der Waals surface area contributed by atoms with Crippen molar-refractivity contribution in [3.8, 4) is 0 Å². The fourth-order valence-corrected chi connectivity index (χ4v) is 2.57. The van der Waals surface area contributed by atoms with E-state index in [9.17, 15) is 0 Å². The van der Waals surface area contributed by atoms with Gasteiger partial charge in [0.05, 0.1) is 15.8 Å². The number of nitrogen functional groups attached to an aromatic ring is 1. The molecule has 0 spiro atoms. The molecule has 1 unspecified atom stereocenters. The number of halogens is 3. The van der Waals surface area contributed by atoms with Crippen LogP contribution in [0, 0.1) is 3.57 Å². The summed E-state index contributed by atoms with van der Waals surface area (Å²) in [6, 6.07) is 5.40. The van der Waals surface area contributed by atoms with Gasteiger partial charge in [-0.05, 0) is 47.2 Å². The lowest BCUT2D eigenvalue weighted by Crippen LogP contribution is -2.12. The molecule has 1 aromatic heterocycles. The Labute approximate surface area is 123 Å². The average Bonchev–Trinajstić information content (AvgIpc) is 2.59. The van der Waals surface area contributed by atoms with Crippen LogP contribution in [0.3, 0.4) is 0 Å². The van der Waals surface area contributed by atoms with Gasteiger partial charge in [-0.2, -0.15) is 5.10 Å². The van der Waals surface area contributed by atoms with Gasteiger partial charge in [-0.3, -0.25) is 0 Å². The van der Waals surface area contributed by atoms with E-state index >= 15 is 0 Å². The van der Waals surface area contributed by atoms with Crippen LogP contribution < -0.4 is 5.73 Å². The minimum atomic E-state index is -0.0247. The Balaban J connectivity index is 2.43. The molecule has 2 rings (SSSR count). The van der Waals surface area contributed by atoms with Crippen LogP contribution in [0.4, 0.5) is 5.82 Å². The summed E-state index contributed by atoms with van der Waals surface area (Å²) in [6.07, 6.45) is 1.73. The molecule has 1 atom stereocenters. The number of rotatable bonds is 2. The number of hydrogen-bond acceptors (Lipinski definition) is 2. The molecule has 0 saturated heterocycles. The molecule has 2 N–H and O–H groups in total. The number of hydrogen-bond donors (Lipinski definition) is 1. The number of benzene rings is 1. The van der Waals surface area contributed by atoms with Gasteiger partial charge < -0.3 is 5.73 Å². The molecule has 90 valence electrons. The Morgan fingerprint density at radius 2 is 2.12 bits per heavy atom. The first kappa shape index (κ1) is 13.0. The summed E-state index contributed by atoms with van der Waals surface area (Å²) in [5, 5.41) is 5.49. The Hall–Kier alpha value is -0.460. The van der Waals surface area contributed by atoms with Crippen LogP contribution >= 0.6 is 45.8 Å². The van der Waals surface area contributed by atoms with Gasteiger partial charge in [0.15, 0.2) is 0 Å². The summed E-state index contributed by atoms with van der Waals surface area (Å²) in [6.45, 7) is 1.99. The van der Waals surface area contributed by atoms with Crippen LogP contribution in [0.1, 0.15) is 18.5 Å². The summed E-state index contributed by atoms with van der Waals surface area (Å²) in [4.78, 5) is 0. The van der Waals surface area contributed by atoms with Gasteiger partial charge in [-0.1, -0.05) is 29.3 Å². The van der Waals surface area contributed by atoms with Crippen molar-refractivity contribution >= 4 is 51.6 Å². The molecular weight excluding hydrogens is 372 g/mol. The van der Waals surface area contributed by atoms with E-state index in [1.165, 1.54) is 0 Å². The monoisotopic (exact) mass is 381 g/mol. The van der Waals surface area contributed by atoms with Gasteiger partial charge in [0, 0.05) is 10.0 Å². The van der Waals surface area contributed by atoms with Gasteiger partial charge >= 0.3 is 0 Å². The maximum atomic E-state index is 6.17. The molecule has 0 radical (unpaired) electrons. The van der Waals surface area contributed by atoms with E-state index in [4.69, 9.17) is 28.9 Å². The first-order valence-electron chi connectivity index (χ1n) is 4.94. The number of nitrogens with zero attached hydrogens (tertiary/aromatic N) is 2. The summed E-state index contributed by atoms with van der Waals surface area (Å²) < 4.78 is 2.68. The van der Waals surface area contributed by atoms with Crippen molar-refractivity contribution in [3.63, 3.8) is 0 Å². The van der Waals surface area contributed by atoms with Crippen molar-refractivity contribution in [3.05, 3.63) is 43.6 Å². The van der Waals surface area contributed by atoms with Crippen LogP contribution in [-0.2, 0) is 0 Å². The molecule has 0 aliphatic carbocycles. The normalized spacial score (nSPS) is 12.7. The van der Waals surface area contributed by atoms with Crippen molar-refractivity contribution in [2.45, 2.75) is 13.0 Å². The van der Waals surface area contributed by atoms with Gasteiger partial charge in [0.25, 0.3) is 0 Å².